The fourth-order valence-electron chi connectivity index (χ4n) is 3.37. The molecule has 2 N–H and O–H groups in total. The lowest BCUT2D eigenvalue weighted by molar-refractivity contribution is 0.349. The van der Waals surface area contributed by atoms with Crippen molar-refractivity contribution in [3.8, 4) is 0 Å². The maximum absolute atomic E-state index is 4.60. The molecular formula is C19H24N6. The lowest BCUT2D eigenvalue weighted by Crippen LogP contribution is -2.29. The van der Waals surface area contributed by atoms with Crippen LogP contribution in [-0.2, 0) is 0 Å². The first-order chi connectivity index (χ1) is 12.2. The summed E-state index contributed by atoms with van der Waals surface area (Å²) in [5.74, 6) is 1.34. The van der Waals surface area contributed by atoms with Crippen LogP contribution in [0.5, 0.6) is 0 Å². The highest BCUT2D eigenvalue weighted by atomic mass is 15.3. The van der Waals surface area contributed by atoms with Crippen molar-refractivity contribution >= 4 is 22.5 Å². The van der Waals surface area contributed by atoms with Gasteiger partial charge < -0.3 is 10.6 Å². The van der Waals surface area contributed by atoms with E-state index in [0.717, 1.165) is 48.5 Å². The maximum Gasteiger partial charge on any atom is 0.163 e. The van der Waals surface area contributed by atoms with Crippen LogP contribution in [0.3, 0.4) is 0 Å². The number of nitrogens with one attached hydrogen (secondary N) is 2. The molecule has 1 aromatic carbocycles. The van der Waals surface area contributed by atoms with Crippen LogP contribution in [0.2, 0.25) is 0 Å². The molecule has 0 radical (unpaired) electrons. The molecule has 6 heteroatoms. The quantitative estimate of drug-likeness (QED) is 0.762. The van der Waals surface area contributed by atoms with Gasteiger partial charge in [0.05, 0.1) is 17.6 Å². The number of anilines is 2. The number of benzene rings is 1. The minimum Gasteiger partial charge on any atom is -0.340 e. The Morgan fingerprint density at radius 2 is 1.88 bits per heavy atom. The van der Waals surface area contributed by atoms with Gasteiger partial charge in [0.15, 0.2) is 5.65 Å². The van der Waals surface area contributed by atoms with E-state index in [2.05, 4.69) is 68.5 Å². The van der Waals surface area contributed by atoms with Gasteiger partial charge in [-0.3, -0.25) is 0 Å². The third-order valence-corrected chi connectivity index (χ3v) is 4.89. The second-order valence-corrected chi connectivity index (χ2v) is 6.93. The summed E-state index contributed by atoms with van der Waals surface area (Å²) in [7, 11) is 0. The molecule has 0 unspecified atom stereocenters. The summed E-state index contributed by atoms with van der Waals surface area (Å²) >= 11 is 0. The normalized spacial score (nSPS) is 15.8. The van der Waals surface area contributed by atoms with Gasteiger partial charge in [-0.15, -0.1) is 0 Å². The van der Waals surface area contributed by atoms with Gasteiger partial charge in [-0.25, -0.2) is 14.6 Å². The van der Waals surface area contributed by atoms with E-state index in [-0.39, 0.29) is 0 Å². The van der Waals surface area contributed by atoms with E-state index < -0.39 is 0 Å². The number of hydrogen-bond acceptors (Lipinski definition) is 5. The van der Waals surface area contributed by atoms with Crippen molar-refractivity contribution in [1.82, 2.24) is 25.1 Å². The van der Waals surface area contributed by atoms with Crippen molar-refractivity contribution in [2.75, 3.05) is 18.4 Å². The van der Waals surface area contributed by atoms with Crippen molar-refractivity contribution in [2.45, 2.75) is 38.6 Å². The molecule has 2 aromatic heterocycles. The number of piperidine rings is 1. The van der Waals surface area contributed by atoms with E-state index in [1.165, 1.54) is 5.56 Å². The Labute approximate surface area is 147 Å². The van der Waals surface area contributed by atoms with Crippen molar-refractivity contribution < 1.29 is 0 Å². The molecular weight excluding hydrogens is 312 g/mol. The van der Waals surface area contributed by atoms with Crippen LogP contribution in [0, 0.1) is 0 Å². The van der Waals surface area contributed by atoms with Gasteiger partial charge in [-0.2, -0.15) is 5.10 Å². The van der Waals surface area contributed by atoms with Crippen LogP contribution in [0.25, 0.3) is 11.0 Å². The predicted molar refractivity (Wildman–Crippen MR) is 100 cm³/mol. The molecule has 6 nitrogen and oxygen atoms in total. The summed E-state index contributed by atoms with van der Waals surface area (Å²) in [5.41, 5.74) is 3.26. The molecule has 4 rings (SSSR count). The second-order valence-electron chi connectivity index (χ2n) is 6.93. The zero-order valence-corrected chi connectivity index (χ0v) is 14.7. The van der Waals surface area contributed by atoms with Crippen molar-refractivity contribution in [1.29, 1.82) is 0 Å². The van der Waals surface area contributed by atoms with Gasteiger partial charge in [-0.05, 0) is 49.5 Å². The van der Waals surface area contributed by atoms with Crippen LogP contribution >= 0.6 is 0 Å². The third kappa shape index (κ3) is 3.22. The molecule has 1 aliphatic rings. The van der Waals surface area contributed by atoms with Crippen LogP contribution < -0.4 is 10.6 Å². The van der Waals surface area contributed by atoms with Gasteiger partial charge in [0.1, 0.15) is 12.1 Å². The Morgan fingerprint density at radius 1 is 1.12 bits per heavy atom. The second kappa shape index (κ2) is 6.80. The van der Waals surface area contributed by atoms with E-state index in [4.69, 9.17) is 0 Å². The first-order valence-electron chi connectivity index (χ1n) is 8.98. The average molecular weight is 336 g/mol. The highest BCUT2D eigenvalue weighted by Gasteiger charge is 2.19. The number of hydrogen-bond donors (Lipinski definition) is 2. The molecule has 1 saturated heterocycles. The van der Waals surface area contributed by atoms with Gasteiger partial charge in [0.2, 0.25) is 0 Å². The number of nitrogens with zero attached hydrogens (tertiary/aromatic N) is 4. The van der Waals surface area contributed by atoms with Gasteiger partial charge >= 0.3 is 0 Å². The smallest absolute Gasteiger partial charge is 0.163 e. The molecule has 1 aliphatic heterocycles. The summed E-state index contributed by atoms with van der Waals surface area (Å²) in [6.45, 7) is 6.46. The lowest BCUT2D eigenvalue weighted by Gasteiger charge is -2.23. The minimum atomic E-state index is 0.409. The predicted octanol–water partition coefficient (Wildman–Crippen LogP) is 3.62. The zero-order valence-electron chi connectivity index (χ0n) is 14.7. The molecule has 3 aromatic rings. The first-order valence-corrected chi connectivity index (χ1v) is 8.98. The van der Waals surface area contributed by atoms with Gasteiger partial charge in [0, 0.05) is 5.69 Å². The summed E-state index contributed by atoms with van der Waals surface area (Å²) in [6.07, 6.45) is 5.66. The maximum atomic E-state index is 4.60. The number of fused-ring (bicyclic) bond motifs is 1. The van der Waals surface area contributed by atoms with Crippen LogP contribution in [-0.4, -0.2) is 32.8 Å². The SMILES string of the molecule is CC(C)c1ccc(Nc2ncnc3c2cnn3C2CCNCC2)cc1. The lowest BCUT2D eigenvalue weighted by atomic mass is 10.0. The number of rotatable bonds is 4. The summed E-state index contributed by atoms with van der Waals surface area (Å²) in [5, 5.41) is 12.4. The standard InChI is InChI=1S/C19H24N6/c1-13(2)14-3-5-15(6-4-14)24-18-17-11-23-25(19(17)22-12-21-18)16-7-9-20-10-8-16/h3-6,11-13,16,20H,7-10H2,1-2H3,(H,21,22,24). The molecule has 0 amide bonds. The van der Waals surface area contributed by atoms with Gasteiger partial charge in [0.25, 0.3) is 0 Å². The molecule has 3 heterocycles. The highest BCUT2D eigenvalue weighted by Crippen LogP contribution is 2.27. The van der Waals surface area contributed by atoms with Crippen molar-refractivity contribution in [3.63, 3.8) is 0 Å². The monoisotopic (exact) mass is 336 g/mol. The summed E-state index contributed by atoms with van der Waals surface area (Å²) in [4.78, 5) is 8.92. The van der Waals surface area contributed by atoms with Crippen molar-refractivity contribution in [3.05, 3.63) is 42.4 Å². The Kier molecular flexibility index (Phi) is 4.36. The molecule has 130 valence electrons. The van der Waals surface area contributed by atoms with Crippen LogP contribution in [0.1, 0.15) is 44.2 Å². The molecule has 25 heavy (non-hydrogen) atoms. The topological polar surface area (TPSA) is 67.7 Å². The zero-order chi connectivity index (χ0) is 17.2. The molecule has 1 fully saturated rings. The minimum absolute atomic E-state index is 0.409. The van der Waals surface area contributed by atoms with E-state index in [1.807, 2.05) is 6.20 Å². The third-order valence-electron chi connectivity index (χ3n) is 4.89. The van der Waals surface area contributed by atoms with E-state index in [1.54, 1.807) is 6.33 Å². The summed E-state index contributed by atoms with van der Waals surface area (Å²) < 4.78 is 2.06. The Balaban J connectivity index is 1.62. The fourth-order valence-corrected chi connectivity index (χ4v) is 3.37. The summed E-state index contributed by atoms with van der Waals surface area (Å²) in [6, 6.07) is 8.92. The van der Waals surface area contributed by atoms with E-state index in [9.17, 15) is 0 Å². The van der Waals surface area contributed by atoms with Crippen LogP contribution in [0.15, 0.2) is 36.8 Å². The van der Waals surface area contributed by atoms with Crippen LogP contribution in [0.4, 0.5) is 11.5 Å². The van der Waals surface area contributed by atoms with Crippen molar-refractivity contribution in [2.24, 2.45) is 0 Å². The largest absolute Gasteiger partial charge is 0.340 e. The first kappa shape index (κ1) is 16.0. The Bertz CT molecular complexity index is 846. The van der Waals surface area contributed by atoms with E-state index in [0.29, 0.717) is 12.0 Å². The molecule has 0 bridgehead atoms. The average Bonchev–Trinajstić information content (AvgIpc) is 3.08. The Morgan fingerprint density at radius 3 is 2.60 bits per heavy atom. The molecule has 0 spiro atoms. The molecule has 0 saturated carbocycles. The van der Waals surface area contributed by atoms with E-state index >= 15 is 0 Å². The van der Waals surface area contributed by atoms with Gasteiger partial charge in [-0.1, -0.05) is 26.0 Å². The highest BCUT2D eigenvalue weighted by molar-refractivity contribution is 5.88. The molecule has 0 atom stereocenters. The fraction of sp³-hybridized carbons (Fsp3) is 0.421. The number of aromatic nitrogens is 4. The molecule has 0 aliphatic carbocycles. The Hall–Kier alpha value is -2.47.